The second-order valence-electron chi connectivity index (χ2n) is 9.80. The lowest BCUT2D eigenvalue weighted by Gasteiger charge is -2.60. The topological polar surface area (TPSA) is 102 Å². The lowest BCUT2D eigenvalue weighted by molar-refractivity contribution is -0.204. The van der Waals surface area contributed by atoms with Crippen molar-refractivity contribution in [2.45, 2.75) is 25.9 Å². The van der Waals surface area contributed by atoms with Gasteiger partial charge in [0.25, 0.3) is 0 Å². The molecule has 0 N–H and O–H groups in total. The van der Waals surface area contributed by atoms with Crippen LogP contribution >= 0.6 is 0 Å². The van der Waals surface area contributed by atoms with Gasteiger partial charge in [-0.1, -0.05) is 26.0 Å². The van der Waals surface area contributed by atoms with Crippen molar-refractivity contribution >= 4 is 17.7 Å². The standard InChI is InChI=1S/C26H32N4O5/c1-17(2)14-30-15-25(23(32)34-4)20(18-10-6-8-12-27-18)29(3)21(19-11-7-9-13-28-19)26(16-30,22(25)31)24(33)35-5/h6-13,17,20-21H,14-16H2,1-5H3/t20-,21+,25-,26+. The van der Waals surface area contributed by atoms with Gasteiger partial charge in [-0.3, -0.25) is 34.2 Å². The maximum Gasteiger partial charge on any atom is 0.322 e. The van der Waals surface area contributed by atoms with Crippen LogP contribution in [0.2, 0.25) is 0 Å². The Hall–Kier alpha value is -3.17. The maximum atomic E-state index is 14.7. The van der Waals surface area contributed by atoms with Crippen LogP contribution in [0.25, 0.3) is 0 Å². The molecule has 9 heteroatoms. The number of aromatic nitrogens is 2. The van der Waals surface area contributed by atoms with Gasteiger partial charge in [0.05, 0.1) is 37.7 Å². The van der Waals surface area contributed by atoms with E-state index in [4.69, 9.17) is 9.47 Å². The number of ketones is 1. The molecule has 0 aromatic carbocycles. The molecule has 0 spiro atoms. The number of esters is 2. The van der Waals surface area contributed by atoms with Crippen LogP contribution in [0.1, 0.15) is 37.3 Å². The van der Waals surface area contributed by atoms with Crippen molar-refractivity contribution in [1.29, 1.82) is 0 Å². The summed E-state index contributed by atoms with van der Waals surface area (Å²) in [5.41, 5.74) is -2.30. The number of nitrogens with zero attached hydrogens (tertiary/aromatic N) is 4. The molecular formula is C26H32N4O5. The number of ether oxygens (including phenoxy) is 2. The molecule has 0 amide bonds. The van der Waals surface area contributed by atoms with Gasteiger partial charge in [-0.2, -0.15) is 0 Å². The Morgan fingerprint density at radius 2 is 1.40 bits per heavy atom. The molecule has 2 aromatic heterocycles. The van der Waals surface area contributed by atoms with Crippen molar-refractivity contribution in [3.05, 3.63) is 60.2 Å². The number of methoxy groups -OCH3 is 2. The molecule has 0 unspecified atom stereocenters. The van der Waals surface area contributed by atoms with Crippen LogP contribution in [0.4, 0.5) is 0 Å². The highest BCUT2D eigenvalue weighted by molar-refractivity contribution is 6.17. The number of carbonyl (C=O) groups is 3. The quantitative estimate of drug-likeness (QED) is 0.454. The predicted octanol–water partition coefficient (Wildman–Crippen LogP) is 2.06. The molecule has 2 aliphatic heterocycles. The molecule has 2 aliphatic rings. The minimum absolute atomic E-state index is 0.107. The minimum Gasteiger partial charge on any atom is -0.468 e. The van der Waals surface area contributed by atoms with Gasteiger partial charge in [-0.05, 0) is 37.2 Å². The number of carbonyl (C=O) groups excluding carboxylic acids is 3. The van der Waals surface area contributed by atoms with Gasteiger partial charge in [-0.15, -0.1) is 0 Å². The Labute approximate surface area is 205 Å². The smallest absolute Gasteiger partial charge is 0.322 e. The Morgan fingerprint density at radius 1 is 0.943 bits per heavy atom. The molecule has 4 atom stereocenters. The van der Waals surface area contributed by atoms with E-state index in [0.29, 0.717) is 17.9 Å². The zero-order valence-electron chi connectivity index (χ0n) is 20.8. The summed E-state index contributed by atoms with van der Waals surface area (Å²) in [6.07, 6.45) is 3.26. The summed E-state index contributed by atoms with van der Waals surface area (Å²) in [6, 6.07) is 9.20. The number of hydrogen-bond acceptors (Lipinski definition) is 9. The third kappa shape index (κ3) is 3.73. The monoisotopic (exact) mass is 480 g/mol. The molecule has 0 aliphatic carbocycles. The lowest BCUT2D eigenvalue weighted by Crippen LogP contribution is -2.75. The maximum absolute atomic E-state index is 14.7. The Morgan fingerprint density at radius 3 is 1.74 bits per heavy atom. The molecule has 2 bridgehead atoms. The van der Waals surface area contributed by atoms with E-state index in [9.17, 15) is 14.4 Å². The summed E-state index contributed by atoms with van der Waals surface area (Å²) >= 11 is 0. The van der Waals surface area contributed by atoms with Crippen LogP contribution < -0.4 is 0 Å². The second-order valence-corrected chi connectivity index (χ2v) is 9.80. The Balaban J connectivity index is 2.07. The number of Topliss-reactive ketones (excluding diaryl/α,β-unsaturated/α-hetero) is 1. The first kappa shape index (κ1) is 24.9. The first-order chi connectivity index (χ1) is 16.7. The fourth-order valence-electron chi connectivity index (χ4n) is 6.11. The molecule has 9 nitrogen and oxygen atoms in total. The largest absolute Gasteiger partial charge is 0.468 e. The number of likely N-dealkylation sites (tertiary alicyclic amines) is 2. The van der Waals surface area contributed by atoms with Crippen molar-refractivity contribution in [3.63, 3.8) is 0 Å². The van der Waals surface area contributed by atoms with Crippen molar-refractivity contribution in [2.24, 2.45) is 16.7 Å². The first-order valence-electron chi connectivity index (χ1n) is 11.7. The van der Waals surface area contributed by atoms with E-state index in [-0.39, 0.29) is 19.0 Å². The Kier molecular flexibility index (Phi) is 6.75. The summed E-state index contributed by atoms with van der Waals surface area (Å²) < 4.78 is 10.6. The zero-order chi connectivity index (χ0) is 25.4. The third-order valence-corrected chi connectivity index (χ3v) is 7.16. The van der Waals surface area contributed by atoms with Crippen molar-refractivity contribution in [3.8, 4) is 0 Å². The van der Waals surface area contributed by atoms with Gasteiger partial charge in [0.15, 0.2) is 16.6 Å². The highest BCUT2D eigenvalue weighted by atomic mass is 16.5. The molecule has 4 rings (SSSR count). The number of hydrogen-bond donors (Lipinski definition) is 0. The van der Waals surface area contributed by atoms with Crippen molar-refractivity contribution < 1.29 is 23.9 Å². The van der Waals surface area contributed by atoms with E-state index < -0.39 is 40.6 Å². The van der Waals surface area contributed by atoms with Crippen LogP contribution in [0.15, 0.2) is 48.8 Å². The second kappa shape index (κ2) is 9.47. The van der Waals surface area contributed by atoms with E-state index in [0.717, 1.165) is 0 Å². The van der Waals surface area contributed by atoms with E-state index in [2.05, 4.69) is 23.8 Å². The summed E-state index contributed by atoms with van der Waals surface area (Å²) in [7, 11) is 4.34. The fourth-order valence-corrected chi connectivity index (χ4v) is 6.11. The van der Waals surface area contributed by atoms with Gasteiger partial charge in [-0.25, -0.2) is 0 Å². The van der Waals surface area contributed by atoms with E-state index in [1.165, 1.54) is 14.2 Å². The minimum atomic E-state index is -1.69. The van der Waals surface area contributed by atoms with Gasteiger partial charge in [0.1, 0.15) is 0 Å². The number of rotatable bonds is 6. The molecule has 186 valence electrons. The molecule has 0 radical (unpaired) electrons. The Bertz CT molecular complexity index is 1020. The van der Waals surface area contributed by atoms with E-state index in [1.54, 1.807) is 43.7 Å². The van der Waals surface area contributed by atoms with Gasteiger partial charge >= 0.3 is 11.9 Å². The van der Waals surface area contributed by atoms with Gasteiger partial charge in [0, 0.05) is 32.0 Å². The number of pyridine rings is 2. The molecule has 35 heavy (non-hydrogen) atoms. The summed E-state index contributed by atoms with van der Waals surface area (Å²) in [6.45, 7) is 4.91. The molecule has 0 saturated carbocycles. The molecule has 2 aromatic rings. The molecule has 2 saturated heterocycles. The summed E-state index contributed by atoms with van der Waals surface area (Å²) in [5.74, 6) is -1.65. The van der Waals surface area contributed by atoms with Crippen LogP contribution in [-0.2, 0) is 23.9 Å². The summed E-state index contributed by atoms with van der Waals surface area (Å²) in [4.78, 5) is 55.0. The van der Waals surface area contributed by atoms with Crippen LogP contribution in [0.3, 0.4) is 0 Å². The van der Waals surface area contributed by atoms with Crippen LogP contribution in [0, 0.1) is 16.7 Å². The highest BCUT2D eigenvalue weighted by Crippen LogP contribution is 2.60. The molecular weight excluding hydrogens is 448 g/mol. The third-order valence-electron chi connectivity index (χ3n) is 7.16. The highest BCUT2D eigenvalue weighted by Gasteiger charge is 2.75. The fraction of sp³-hybridized carbons (Fsp3) is 0.500. The van der Waals surface area contributed by atoms with Crippen LogP contribution in [-0.4, -0.2) is 78.4 Å². The van der Waals surface area contributed by atoms with E-state index in [1.807, 2.05) is 21.9 Å². The first-order valence-corrected chi connectivity index (χ1v) is 11.7. The average molecular weight is 481 g/mol. The van der Waals surface area contributed by atoms with Crippen molar-refractivity contribution in [2.75, 3.05) is 40.9 Å². The van der Waals surface area contributed by atoms with Gasteiger partial charge in [0.2, 0.25) is 0 Å². The molecule has 4 heterocycles. The average Bonchev–Trinajstić information content (AvgIpc) is 2.85. The number of piperidine rings is 2. The summed E-state index contributed by atoms with van der Waals surface area (Å²) in [5, 5.41) is 0. The normalized spacial score (nSPS) is 29.1. The zero-order valence-corrected chi connectivity index (χ0v) is 20.8. The lowest BCUT2D eigenvalue weighted by atomic mass is 9.54. The predicted molar refractivity (Wildman–Crippen MR) is 127 cm³/mol. The van der Waals surface area contributed by atoms with Crippen molar-refractivity contribution in [1.82, 2.24) is 19.8 Å². The van der Waals surface area contributed by atoms with E-state index >= 15 is 0 Å². The molecule has 2 fully saturated rings. The SMILES string of the molecule is COC(=O)[C@]12CN(CC(C)C)C[C@](C(=O)OC)(C1=O)[C@@H](c1ccccn1)N(C)[C@H]2c1ccccn1. The van der Waals surface area contributed by atoms with Gasteiger partial charge < -0.3 is 9.47 Å². The number of fused-ring (bicyclic) bond motifs is 2. The van der Waals surface area contributed by atoms with Crippen LogP contribution in [0.5, 0.6) is 0 Å².